The number of nitrogens with one attached hydrogen (secondary N) is 1. The summed E-state index contributed by atoms with van der Waals surface area (Å²) < 4.78 is 1.71. The van der Waals surface area contributed by atoms with E-state index in [9.17, 15) is 9.59 Å². The molecule has 0 aliphatic rings. The molecule has 1 heterocycles. The van der Waals surface area contributed by atoms with Crippen LogP contribution in [0, 0.1) is 17.2 Å². The zero-order chi connectivity index (χ0) is 21.1. The van der Waals surface area contributed by atoms with Gasteiger partial charge in [0.25, 0.3) is 5.56 Å². The van der Waals surface area contributed by atoms with Gasteiger partial charge in [-0.3, -0.25) is 14.2 Å². The molecule has 0 aliphatic heterocycles. The van der Waals surface area contributed by atoms with E-state index >= 15 is 0 Å². The van der Waals surface area contributed by atoms with Crippen LogP contribution in [0.25, 0.3) is 10.9 Å². The van der Waals surface area contributed by atoms with Crippen molar-refractivity contribution >= 4 is 28.6 Å². The number of nitriles is 1. The summed E-state index contributed by atoms with van der Waals surface area (Å²) in [6, 6.07) is 9.32. The Hall–Kier alpha value is -2.33. The minimum atomic E-state index is -0.159. The number of carbonyl (C=O) groups excluding carboxylic acids is 1. The normalized spacial score (nSPS) is 11.0. The third-order valence-electron chi connectivity index (χ3n) is 4.63. The van der Waals surface area contributed by atoms with Crippen LogP contribution >= 0.6 is 11.8 Å². The van der Waals surface area contributed by atoms with Crippen molar-refractivity contribution in [1.82, 2.24) is 14.9 Å². The number of aromatic nitrogens is 2. The predicted octanol–water partition coefficient (Wildman–Crippen LogP) is 4.12. The number of thioether (sulfide) groups is 1. The molecule has 1 aromatic heterocycles. The molecule has 7 heteroatoms. The van der Waals surface area contributed by atoms with Crippen molar-refractivity contribution in [2.24, 2.45) is 5.92 Å². The van der Waals surface area contributed by atoms with Crippen LogP contribution in [-0.2, 0) is 11.3 Å². The molecule has 0 saturated carbocycles. The fourth-order valence-electron chi connectivity index (χ4n) is 3.07. The molecule has 0 saturated heterocycles. The summed E-state index contributed by atoms with van der Waals surface area (Å²) in [5, 5.41) is 12.4. The zero-order valence-electron chi connectivity index (χ0n) is 17.3. The van der Waals surface area contributed by atoms with Crippen LogP contribution < -0.4 is 10.9 Å². The molecule has 2 aromatic rings. The molecule has 0 radical (unpaired) electrons. The second kappa shape index (κ2) is 12.3. The van der Waals surface area contributed by atoms with Crippen molar-refractivity contribution in [2.45, 2.75) is 64.1 Å². The van der Waals surface area contributed by atoms with Gasteiger partial charge in [0.2, 0.25) is 5.91 Å². The third-order valence-corrected chi connectivity index (χ3v) is 5.61. The molecule has 6 nitrogen and oxygen atoms in total. The Morgan fingerprint density at radius 3 is 2.76 bits per heavy atom. The molecule has 0 unspecified atom stereocenters. The summed E-state index contributed by atoms with van der Waals surface area (Å²) in [5.41, 5.74) is 0.600. The molecular weight excluding hydrogens is 384 g/mol. The standard InChI is InChI=1S/C22H30N4O2S/c1-17(2)10-5-3-4-8-15-26-21(28)18-11-6-7-12-19(18)25-22(26)29-16-20(27)24-14-9-13-23/h6-7,11-12,17H,3-5,8-10,14-16H2,1-2H3,(H,24,27). The van der Waals surface area contributed by atoms with Gasteiger partial charge in [0.15, 0.2) is 5.16 Å². The molecule has 156 valence electrons. The van der Waals surface area contributed by atoms with E-state index in [4.69, 9.17) is 5.26 Å². The average Bonchev–Trinajstić information content (AvgIpc) is 2.70. The molecule has 0 spiro atoms. The number of para-hydroxylation sites is 1. The number of nitrogens with zero attached hydrogens (tertiary/aromatic N) is 3. The number of fused-ring (bicyclic) bond motifs is 1. The Balaban J connectivity index is 2.06. The molecule has 2 rings (SSSR count). The maximum atomic E-state index is 13.0. The van der Waals surface area contributed by atoms with Gasteiger partial charge in [0.05, 0.1) is 29.1 Å². The summed E-state index contributed by atoms with van der Waals surface area (Å²) in [7, 11) is 0. The molecule has 1 N–H and O–H groups in total. The number of unbranched alkanes of at least 4 members (excludes halogenated alkanes) is 3. The van der Waals surface area contributed by atoms with Crippen molar-refractivity contribution < 1.29 is 4.79 Å². The highest BCUT2D eigenvalue weighted by molar-refractivity contribution is 7.99. The number of benzene rings is 1. The first-order valence-corrected chi connectivity index (χ1v) is 11.3. The highest BCUT2D eigenvalue weighted by Crippen LogP contribution is 2.19. The van der Waals surface area contributed by atoms with Crippen LogP contribution in [0.3, 0.4) is 0 Å². The van der Waals surface area contributed by atoms with E-state index in [2.05, 4.69) is 24.1 Å². The Morgan fingerprint density at radius 1 is 1.24 bits per heavy atom. The lowest BCUT2D eigenvalue weighted by atomic mass is 10.0. The Kier molecular flexibility index (Phi) is 9.72. The van der Waals surface area contributed by atoms with Crippen LogP contribution in [0.5, 0.6) is 0 Å². The van der Waals surface area contributed by atoms with Gasteiger partial charge < -0.3 is 5.32 Å². The van der Waals surface area contributed by atoms with Crippen LogP contribution in [0.15, 0.2) is 34.2 Å². The fourth-order valence-corrected chi connectivity index (χ4v) is 3.93. The molecule has 0 aliphatic carbocycles. The van der Waals surface area contributed by atoms with Crippen molar-refractivity contribution in [3.05, 3.63) is 34.6 Å². The van der Waals surface area contributed by atoms with E-state index in [1.807, 2.05) is 24.3 Å². The number of amides is 1. The summed E-state index contributed by atoms with van der Waals surface area (Å²) in [6.45, 7) is 5.42. The molecule has 0 bridgehead atoms. The Labute approximate surface area is 176 Å². The highest BCUT2D eigenvalue weighted by atomic mass is 32.2. The van der Waals surface area contributed by atoms with Gasteiger partial charge in [-0.25, -0.2) is 4.98 Å². The van der Waals surface area contributed by atoms with Crippen LogP contribution in [0.2, 0.25) is 0 Å². The number of hydrogen-bond acceptors (Lipinski definition) is 5. The monoisotopic (exact) mass is 414 g/mol. The first-order chi connectivity index (χ1) is 14.0. The Morgan fingerprint density at radius 2 is 2.00 bits per heavy atom. The average molecular weight is 415 g/mol. The lowest BCUT2D eigenvalue weighted by Gasteiger charge is -2.13. The molecular formula is C22H30N4O2S. The second-order valence-electron chi connectivity index (χ2n) is 7.51. The summed E-state index contributed by atoms with van der Waals surface area (Å²) in [4.78, 5) is 29.6. The van der Waals surface area contributed by atoms with Gasteiger partial charge in [0, 0.05) is 13.1 Å². The smallest absolute Gasteiger partial charge is 0.262 e. The number of rotatable bonds is 12. The largest absolute Gasteiger partial charge is 0.354 e. The van der Waals surface area contributed by atoms with E-state index in [1.165, 1.54) is 24.6 Å². The van der Waals surface area contributed by atoms with Crippen molar-refractivity contribution in [3.8, 4) is 6.07 Å². The molecule has 1 aromatic carbocycles. The number of carbonyl (C=O) groups is 1. The highest BCUT2D eigenvalue weighted by Gasteiger charge is 2.13. The van der Waals surface area contributed by atoms with E-state index < -0.39 is 0 Å². The van der Waals surface area contributed by atoms with Gasteiger partial charge in [-0.1, -0.05) is 63.4 Å². The van der Waals surface area contributed by atoms with E-state index in [1.54, 1.807) is 10.6 Å². The van der Waals surface area contributed by atoms with E-state index in [0.717, 1.165) is 25.2 Å². The van der Waals surface area contributed by atoms with Gasteiger partial charge in [-0.2, -0.15) is 5.26 Å². The van der Waals surface area contributed by atoms with Crippen LogP contribution in [0.4, 0.5) is 0 Å². The van der Waals surface area contributed by atoms with Crippen molar-refractivity contribution in [1.29, 1.82) is 5.26 Å². The van der Waals surface area contributed by atoms with Crippen LogP contribution in [0.1, 0.15) is 52.4 Å². The first kappa shape index (κ1) is 23.0. The minimum Gasteiger partial charge on any atom is -0.354 e. The van der Waals surface area contributed by atoms with Gasteiger partial charge in [-0.05, 0) is 24.5 Å². The maximum Gasteiger partial charge on any atom is 0.262 e. The molecule has 0 atom stereocenters. The zero-order valence-corrected chi connectivity index (χ0v) is 18.1. The molecule has 0 fully saturated rings. The summed E-state index contributed by atoms with van der Waals surface area (Å²) >= 11 is 1.27. The summed E-state index contributed by atoms with van der Waals surface area (Å²) in [6.07, 6.45) is 5.89. The first-order valence-electron chi connectivity index (χ1n) is 10.3. The molecule has 29 heavy (non-hydrogen) atoms. The van der Waals surface area contributed by atoms with E-state index in [0.29, 0.717) is 29.1 Å². The SMILES string of the molecule is CC(C)CCCCCCn1c(SCC(=O)NCCC#N)nc2ccccc2c1=O. The third kappa shape index (κ3) is 7.54. The van der Waals surface area contributed by atoms with Gasteiger partial charge >= 0.3 is 0 Å². The fraction of sp³-hybridized carbons (Fsp3) is 0.545. The van der Waals surface area contributed by atoms with Crippen molar-refractivity contribution in [3.63, 3.8) is 0 Å². The Bertz CT molecular complexity index is 902. The van der Waals surface area contributed by atoms with Gasteiger partial charge in [-0.15, -0.1) is 0 Å². The quantitative estimate of drug-likeness (QED) is 0.321. The lowest BCUT2D eigenvalue weighted by Crippen LogP contribution is -2.27. The summed E-state index contributed by atoms with van der Waals surface area (Å²) in [5.74, 6) is 0.738. The lowest BCUT2D eigenvalue weighted by molar-refractivity contribution is -0.118. The molecule has 1 amide bonds. The van der Waals surface area contributed by atoms with Crippen molar-refractivity contribution in [2.75, 3.05) is 12.3 Å². The number of hydrogen-bond donors (Lipinski definition) is 1. The topological polar surface area (TPSA) is 87.8 Å². The van der Waals surface area contributed by atoms with Gasteiger partial charge in [0.1, 0.15) is 0 Å². The van der Waals surface area contributed by atoms with Crippen LogP contribution in [-0.4, -0.2) is 27.8 Å². The predicted molar refractivity (Wildman–Crippen MR) is 118 cm³/mol. The minimum absolute atomic E-state index is 0.0508. The van der Waals surface area contributed by atoms with E-state index in [-0.39, 0.29) is 23.6 Å². The second-order valence-corrected chi connectivity index (χ2v) is 8.45. The maximum absolute atomic E-state index is 13.0.